The molecule has 0 radical (unpaired) electrons. The monoisotopic (exact) mass is 530 g/mol. The van der Waals surface area contributed by atoms with Gasteiger partial charge in [-0.25, -0.2) is 0 Å². The van der Waals surface area contributed by atoms with Crippen LogP contribution < -0.4 is 16.0 Å². The van der Waals surface area contributed by atoms with Crippen LogP contribution in [0.15, 0.2) is 0 Å². The quantitative estimate of drug-likeness (QED) is 0.396. The van der Waals surface area contributed by atoms with Crippen molar-refractivity contribution in [3.05, 3.63) is 0 Å². The molecule has 3 N–H and O–H groups in total. The van der Waals surface area contributed by atoms with Gasteiger partial charge in [-0.3, -0.25) is 24.1 Å². The molecule has 0 aromatic carbocycles. The van der Waals surface area contributed by atoms with Gasteiger partial charge in [-0.2, -0.15) is 5.26 Å². The fourth-order valence-corrected chi connectivity index (χ4v) is 6.35. The summed E-state index contributed by atoms with van der Waals surface area (Å²) in [5.41, 5.74) is -0.671. The van der Waals surface area contributed by atoms with E-state index in [1.807, 2.05) is 25.7 Å². The first kappa shape index (κ1) is 28.3. The number of fused-ring (bicyclic) bond motifs is 1. The van der Waals surface area contributed by atoms with E-state index >= 15 is 0 Å². The minimum atomic E-state index is -0.819. The van der Waals surface area contributed by atoms with Gasteiger partial charge in [0, 0.05) is 32.1 Å². The molecule has 0 bridgehead atoms. The first-order valence-electron chi connectivity index (χ1n) is 13.7. The molecule has 4 fully saturated rings. The first-order valence-corrected chi connectivity index (χ1v) is 13.7. The molecule has 4 amide bonds. The third kappa shape index (κ3) is 5.81. The molecule has 1 saturated carbocycles. The molecule has 4 aliphatic rings. The van der Waals surface area contributed by atoms with Crippen molar-refractivity contribution in [2.45, 2.75) is 65.6 Å². The van der Waals surface area contributed by atoms with Crippen LogP contribution in [-0.4, -0.2) is 97.5 Å². The number of ether oxygens (including phenoxy) is 1. The van der Waals surface area contributed by atoms with Crippen LogP contribution in [0.25, 0.3) is 0 Å². The van der Waals surface area contributed by atoms with Gasteiger partial charge < -0.3 is 25.6 Å². The van der Waals surface area contributed by atoms with Crippen LogP contribution in [-0.2, 0) is 23.9 Å². The van der Waals surface area contributed by atoms with E-state index in [0.717, 1.165) is 0 Å². The lowest BCUT2D eigenvalue weighted by atomic mass is 9.85. The largest absolute Gasteiger partial charge is 0.379 e. The fraction of sp³-hybridized carbons (Fsp3) is 0.815. The number of hydrogen-bond acceptors (Lipinski definition) is 7. The van der Waals surface area contributed by atoms with Crippen LogP contribution in [0.4, 0.5) is 0 Å². The highest BCUT2D eigenvalue weighted by Crippen LogP contribution is 2.65. The van der Waals surface area contributed by atoms with Crippen LogP contribution >= 0.6 is 0 Å². The number of carbonyl (C=O) groups excluding carboxylic acids is 4. The third-order valence-corrected chi connectivity index (χ3v) is 8.80. The van der Waals surface area contributed by atoms with Gasteiger partial charge in [0.15, 0.2) is 0 Å². The van der Waals surface area contributed by atoms with Gasteiger partial charge >= 0.3 is 0 Å². The van der Waals surface area contributed by atoms with Crippen molar-refractivity contribution in [3.63, 3.8) is 0 Å². The molecule has 3 aliphatic heterocycles. The number of piperidine rings is 1. The second kappa shape index (κ2) is 10.8. The predicted molar refractivity (Wildman–Crippen MR) is 138 cm³/mol. The molecule has 3 heterocycles. The normalized spacial score (nSPS) is 30.0. The molecule has 3 saturated heterocycles. The van der Waals surface area contributed by atoms with Crippen molar-refractivity contribution in [3.8, 4) is 6.07 Å². The number of carbonyl (C=O) groups is 4. The maximum Gasteiger partial charge on any atom is 0.246 e. The van der Waals surface area contributed by atoms with E-state index < -0.39 is 23.5 Å². The maximum atomic E-state index is 14.0. The van der Waals surface area contributed by atoms with E-state index in [9.17, 15) is 24.4 Å². The Kier molecular flexibility index (Phi) is 8.05. The zero-order valence-corrected chi connectivity index (χ0v) is 23.2. The SMILES string of the molecule is CC(C)(C)[C@H](NC(=O)CN1CCOCC1)C(=O)N1C[C@H]2[C@@H]([C@H]1C(=O)N[C@H](C#N)C[C@@H]1CCNC1=O)C2(C)C. The minimum absolute atomic E-state index is 0.0229. The molecule has 1 aliphatic carbocycles. The number of nitrogens with one attached hydrogen (secondary N) is 3. The Labute approximate surface area is 225 Å². The summed E-state index contributed by atoms with van der Waals surface area (Å²) in [5.74, 6) is -1.13. The van der Waals surface area contributed by atoms with Crippen LogP contribution in [0.1, 0.15) is 47.5 Å². The molecule has 0 unspecified atom stereocenters. The Bertz CT molecular complexity index is 995. The van der Waals surface area contributed by atoms with Crippen LogP contribution in [0.2, 0.25) is 0 Å². The Balaban J connectivity index is 1.47. The summed E-state index contributed by atoms with van der Waals surface area (Å²) in [4.78, 5) is 56.1. The molecule has 11 nitrogen and oxygen atoms in total. The lowest BCUT2D eigenvalue weighted by Gasteiger charge is -2.38. The number of morpholine rings is 1. The number of hydrogen-bond donors (Lipinski definition) is 3. The zero-order valence-electron chi connectivity index (χ0n) is 23.2. The van der Waals surface area contributed by atoms with E-state index in [1.165, 1.54) is 0 Å². The Hall–Kier alpha value is -2.71. The average molecular weight is 531 g/mol. The van der Waals surface area contributed by atoms with E-state index in [1.54, 1.807) is 4.90 Å². The van der Waals surface area contributed by atoms with Gasteiger partial charge in [0.2, 0.25) is 23.6 Å². The van der Waals surface area contributed by atoms with Gasteiger partial charge in [-0.15, -0.1) is 0 Å². The maximum absolute atomic E-state index is 14.0. The molecule has 0 aromatic heterocycles. The second-order valence-electron chi connectivity index (χ2n) is 12.8. The van der Waals surface area contributed by atoms with Gasteiger partial charge in [0.25, 0.3) is 0 Å². The molecule has 38 heavy (non-hydrogen) atoms. The predicted octanol–water partition coefficient (Wildman–Crippen LogP) is -0.133. The highest BCUT2D eigenvalue weighted by Gasteiger charge is 2.69. The van der Waals surface area contributed by atoms with E-state index in [0.29, 0.717) is 45.8 Å². The molecule has 0 spiro atoms. The molecule has 210 valence electrons. The average Bonchev–Trinajstić information content (AvgIpc) is 3.20. The summed E-state index contributed by atoms with van der Waals surface area (Å²) >= 11 is 0. The number of rotatable bonds is 8. The lowest BCUT2D eigenvalue weighted by molar-refractivity contribution is -0.146. The molecule has 4 rings (SSSR count). The molecular weight excluding hydrogens is 488 g/mol. The summed E-state index contributed by atoms with van der Waals surface area (Å²) in [6, 6.07) is -0.226. The highest BCUT2D eigenvalue weighted by molar-refractivity contribution is 5.94. The summed E-state index contributed by atoms with van der Waals surface area (Å²) < 4.78 is 5.35. The van der Waals surface area contributed by atoms with E-state index in [4.69, 9.17) is 4.74 Å². The minimum Gasteiger partial charge on any atom is -0.379 e. The number of likely N-dealkylation sites (tertiary alicyclic amines) is 1. The highest BCUT2D eigenvalue weighted by atomic mass is 16.5. The number of amides is 4. The number of nitriles is 1. The van der Waals surface area contributed by atoms with Crippen molar-refractivity contribution >= 4 is 23.6 Å². The smallest absolute Gasteiger partial charge is 0.246 e. The van der Waals surface area contributed by atoms with Crippen LogP contribution in [0.5, 0.6) is 0 Å². The Morgan fingerprint density at radius 1 is 1.21 bits per heavy atom. The standard InChI is InChI=1S/C27H42N6O5/c1-26(2,3)22(31-19(34)15-32-8-10-38-11-9-32)25(37)33-14-18-20(27(18,4)5)21(33)24(36)30-17(13-28)12-16-6-7-29-23(16)35/h16-18,20-22H,6-12,14-15H2,1-5H3,(H,29,35)(H,30,36)(H,31,34)/t16-,17-,18-,20-,21-,22+/m0/s1. The molecular formula is C27H42N6O5. The fourth-order valence-electron chi connectivity index (χ4n) is 6.35. The van der Waals surface area contributed by atoms with Gasteiger partial charge in [-0.1, -0.05) is 34.6 Å². The van der Waals surface area contributed by atoms with Gasteiger partial charge in [-0.05, 0) is 35.5 Å². The second-order valence-corrected chi connectivity index (χ2v) is 12.8. The van der Waals surface area contributed by atoms with Gasteiger partial charge in [0.05, 0.1) is 25.8 Å². The van der Waals surface area contributed by atoms with Crippen molar-refractivity contribution in [1.29, 1.82) is 5.26 Å². The van der Waals surface area contributed by atoms with Crippen molar-refractivity contribution in [2.75, 3.05) is 45.9 Å². The molecule has 11 heteroatoms. The molecule has 6 atom stereocenters. The van der Waals surface area contributed by atoms with E-state index in [-0.39, 0.29) is 59.8 Å². The summed E-state index contributed by atoms with van der Waals surface area (Å²) in [5, 5.41) is 18.3. The van der Waals surface area contributed by atoms with Crippen LogP contribution in [0, 0.1) is 39.9 Å². The first-order chi connectivity index (χ1) is 17.8. The van der Waals surface area contributed by atoms with Crippen molar-refractivity contribution in [2.24, 2.45) is 28.6 Å². The van der Waals surface area contributed by atoms with Crippen molar-refractivity contribution < 1.29 is 23.9 Å². The Morgan fingerprint density at radius 2 is 1.89 bits per heavy atom. The third-order valence-electron chi connectivity index (χ3n) is 8.80. The summed E-state index contributed by atoms with van der Waals surface area (Å²) in [6.45, 7) is 13.6. The van der Waals surface area contributed by atoms with E-state index in [2.05, 4.69) is 35.9 Å². The summed E-state index contributed by atoms with van der Waals surface area (Å²) in [7, 11) is 0. The lowest BCUT2D eigenvalue weighted by Crippen LogP contribution is -2.60. The topological polar surface area (TPSA) is 144 Å². The Morgan fingerprint density at radius 3 is 2.47 bits per heavy atom. The van der Waals surface area contributed by atoms with Gasteiger partial charge in [0.1, 0.15) is 18.1 Å². The van der Waals surface area contributed by atoms with Crippen LogP contribution in [0.3, 0.4) is 0 Å². The van der Waals surface area contributed by atoms with Crippen molar-refractivity contribution in [1.82, 2.24) is 25.8 Å². The molecule has 0 aromatic rings. The zero-order chi connectivity index (χ0) is 27.8. The number of nitrogens with zero attached hydrogens (tertiary/aromatic N) is 3. The summed E-state index contributed by atoms with van der Waals surface area (Å²) in [6.07, 6.45) is 0.879.